The minimum Gasteiger partial charge on any atom is -0.507 e. The lowest BCUT2D eigenvalue weighted by Crippen LogP contribution is -2.34. The van der Waals surface area contributed by atoms with Crippen molar-refractivity contribution in [3.63, 3.8) is 0 Å². The number of phenols is 1. The number of amides is 1. The average Bonchev–Trinajstić information content (AvgIpc) is 3.24. The summed E-state index contributed by atoms with van der Waals surface area (Å²) < 4.78 is 12.0. The lowest BCUT2D eigenvalue weighted by Gasteiger charge is -2.12. The predicted octanol–water partition coefficient (Wildman–Crippen LogP) is 6.05. The Labute approximate surface area is 210 Å². The number of benzene rings is 3. The molecule has 3 aromatic carbocycles. The van der Waals surface area contributed by atoms with E-state index in [1.165, 1.54) is 6.07 Å². The number of oxazole rings is 1. The molecular formula is C25H22BrN3O4S. The lowest BCUT2D eigenvalue weighted by atomic mass is 10.1. The van der Waals surface area contributed by atoms with Crippen molar-refractivity contribution in [2.45, 2.75) is 20.3 Å². The second kappa shape index (κ2) is 10.2. The van der Waals surface area contributed by atoms with Crippen molar-refractivity contribution >= 4 is 56.0 Å². The zero-order valence-electron chi connectivity index (χ0n) is 18.5. The average molecular weight is 540 g/mol. The zero-order chi connectivity index (χ0) is 24.2. The number of aromatic nitrogens is 1. The first-order valence-electron chi connectivity index (χ1n) is 10.7. The van der Waals surface area contributed by atoms with Crippen LogP contribution in [0.4, 0.5) is 5.69 Å². The molecule has 0 saturated heterocycles. The van der Waals surface area contributed by atoms with E-state index < -0.39 is 0 Å². The van der Waals surface area contributed by atoms with Crippen molar-refractivity contribution in [2.24, 2.45) is 0 Å². The number of carbonyl (C=O) groups is 1. The van der Waals surface area contributed by atoms with Gasteiger partial charge in [0.1, 0.15) is 17.0 Å². The summed E-state index contributed by atoms with van der Waals surface area (Å²) >= 11 is 8.71. The number of anilines is 1. The second-order valence-electron chi connectivity index (χ2n) is 7.39. The van der Waals surface area contributed by atoms with Crippen molar-refractivity contribution in [2.75, 3.05) is 11.9 Å². The van der Waals surface area contributed by atoms with E-state index in [9.17, 15) is 9.90 Å². The van der Waals surface area contributed by atoms with Crippen molar-refractivity contribution in [1.82, 2.24) is 10.3 Å². The Morgan fingerprint density at radius 1 is 1.15 bits per heavy atom. The lowest BCUT2D eigenvalue weighted by molar-refractivity contribution is 0.0977. The highest BCUT2D eigenvalue weighted by Crippen LogP contribution is 2.33. The summed E-state index contributed by atoms with van der Waals surface area (Å²) in [6, 6.07) is 15.7. The number of carbonyl (C=O) groups excluding carboxylic acids is 1. The van der Waals surface area contributed by atoms with Gasteiger partial charge in [0.25, 0.3) is 5.91 Å². The molecule has 0 atom stereocenters. The van der Waals surface area contributed by atoms with Gasteiger partial charge in [0.15, 0.2) is 10.7 Å². The van der Waals surface area contributed by atoms with Gasteiger partial charge in [0.05, 0.1) is 16.6 Å². The van der Waals surface area contributed by atoms with Crippen LogP contribution in [0.25, 0.3) is 22.6 Å². The van der Waals surface area contributed by atoms with Crippen LogP contribution in [0, 0.1) is 0 Å². The molecule has 0 saturated carbocycles. The maximum absolute atomic E-state index is 12.6. The highest BCUT2D eigenvalue weighted by molar-refractivity contribution is 9.10. The second-order valence-corrected chi connectivity index (χ2v) is 8.66. The Balaban J connectivity index is 1.49. The van der Waals surface area contributed by atoms with Crippen molar-refractivity contribution in [3.8, 4) is 23.0 Å². The number of aromatic hydroxyl groups is 1. The van der Waals surface area contributed by atoms with E-state index in [-0.39, 0.29) is 16.8 Å². The zero-order valence-corrected chi connectivity index (χ0v) is 20.9. The van der Waals surface area contributed by atoms with Gasteiger partial charge in [-0.15, -0.1) is 0 Å². The molecule has 1 aromatic heterocycles. The van der Waals surface area contributed by atoms with Gasteiger partial charge in [-0.25, -0.2) is 4.98 Å². The summed E-state index contributed by atoms with van der Waals surface area (Å²) in [6.07, 6.45) is 0.888. The van der Waals surface area contributed by atoms with E-state index in [4.69, 9.17) is 21.4 Å². The maximum Gasteiger partial charge on any atom is 0.257 e. The molecule has 34 heavy (non-hydrogen) atoms. The number of phenolic OH excluding ortho intramolecular Hbond substituents is 1. The number of halogens is 1. The Morgan fingerprint density at radius 3 is 2.71 bits per heavy atom. The van der Waals surface area contributed by atoms with Crippen LogP contribution in [0.2, 0.25) is 0 Å². The fourth-order valence-corrected chi connectivity index (χ4v) is 4.05. The largest absolute Gasteiger partial charge is 0.507 e. The number of ether oxygens (including phenoxy) is 1. The molecule has 174 valence electrons. The highest BCUT2D eigenvalue weighted by Gasteiger charge is 2.15. The minimum absolute atomic E-state index is 0.0158. The smallest absolute Gasteiger partial charge is 0.257 e. The van der Waals surface area contributed by atoms with Crippen LogP contribution < -0.4 is 15.4 Å². The fourth-order valence-electron chi connectivity index (χ4n) is 3.35. The molecular weight excluding hydrogens is 518 g/mol. The number of nitrogens with one attached hydrogen (secondary N) is 2. The summed E-state index contributed by atoms with van der Waals surface area (Å²) in [4.78, 5) is 17.1. The van der Waals surface area contributed by atoms with Crippen LogP contribution in [0.3, 0.4) is 0 Å². The van der Waals surface area contributed by atoms with Gasteiger partial charge in [-0.2, -0.15) is 0 Å². The maximum atomic E-state index is 12.6. The topological polar surface area (TPSA) is 96.6 Å². The van der Waals surface area contributed by atoms with Crippen LogP contribution >= 0.6 is 28.1 Å². The first kappa shape index (κ1) is 23.7. The summed E-state index contributed by atoms with van der Waals surface area (Å²) in [5, 5.41) is 16.1. The van der Waals surface area contributed by atoms with E-state index in [1.807, 2.05) is 25.1 Å². The van der Waals surface area contributed by atoms with Gasteiger partial charge < -0.3 is 19.6 Å². The van der Waals surface area contributed by atoms with Gasteiger partial charge in [-0.3, -0.25) is 10.1 Å². The van der Waals surface area contributed by atoms with Gasteiger partial charge >= 0.3 is 0 Å². The SMILES string of the molecule is CCOc1ccc(C(=O)NC(=S)Nc2ccc(O)c(-c3nc4cc(CC)ccc4o3)c2)cc1Br. The van der Waals surface area contributed by atoms with E-state index in [0.717, 1.165) is 17.5 Å². The highest BCUT2D eigenvalue weighted by atomic mass is 79.9. The molecule has 0 spiro atoms. The van der Waals surface area contributed by atoms with Crippen LogP contribution in [0.1, 0.15) is 29.8 Å². The van der Waals surface area contributed by atoms with Crippen LogP contribution in [-0.2, 0) is 6.42 Å². The first-order chi connectivity index (χ1) is 16.4. The van der Waals surface area contributed by atoms with Gasteiger partial charge in [-0.1, -0.05) is 13.0 Å². The van der Waals surface area contributed by atoms with Crippen LogP contribution in [0.15, 0.2) is 63.5 Å². The molecule has 3 N–H and O–H groups in total. The molecule has 4 rings (SSSR count). The molecule has 7 nitrogen and oxygen atoms in total. The molecule has 0 fully saturated rings. The predicted molar refractivity (Wildman–Crippen MR) is 139 cm³/mol. The molecule has 9 heteroatoms. The molecule has 0 aliphatic heterocycles. The third-order valence-electron chi connectivity index (χ3n) is 5.07. The normalized spacial score (nSPS) is 10.8. The summed E-state index contributed by atoms with van der Waals surface area (Å²) in [5.41, 5.74) is 3.88. The molecule has 0 radical (unpaired) electrons. The van der Waals surface area contributed by atoms with Crippen molar-refractivity contribution < 1.29 is 19.1 Å². The van der Waals surface area contributed by atoms with Gasteiger partial charge in [0.2, 0.25) is 5.89 Å². The minimum atomic E-state index is -0.370. The first-order valence-corrected chi connectivity index (χ1v) is 11.9. The van der Waals surface area contributed by atoms with E-state index in [1.54, 1.807) is 30.3 Å². The Hall–Kier alpha value is -3.43. The van der Waals surface area contributed by atoms with Gasteiger partial charge in [-0.05, 0) is 95.6 Å². The number of aryl methyl sites for hydroxylation is 1. The summed E-state index contributed by atoms with van der Waals surface area (Å²) in [6.45, 7) is 4.48. The van der Waals surface area contributed by atoms with Crippen molar-refractivity contribution in [3.05, 3.63) is 70.2 Å². The summed E-state index contributed by atoms with van der Waals surface area (Å²) in [7, 11) is 0. The number of hydrogen-bond donors (Lipinski definition) is 3. The monoisotopic (exact) mass is 539 g/mol. The number of rotatable bonds is 6. The molecule has 4 aromatic rings. The standard InChI is InChI=1S/C25H22BrN3O4S/c1-3-14-5-9-22-19(11-14)28-24(33-22)17-13-16(7-8-20(17)30)27-25(34)29-23(31)15-6-10-21(32-4-2)18(26)12-15/h5-13,30H,3-4H2,1-2H3,(H2,27,29,31,34). The molecule has 0 bridgehead atoms. The van der Waals surface area contributed by atoms with E-state index in [0.29, 0.717) is 45.1 Å². The third kappa shape index (κ3) is 5.21. The number of hydrogen-bond acceptors (Lipinski definition) is 6. The van der Waals surface area contributed by atoms with E-state index in [2.05, 4.69) is 38.5 Å². The third-order valence-corrected chi connectivity index (χ3v) is 5.89. The number of thiocarbonyl (C=S) groups is 1. The molecule has 1 amide bonds. The Bertz CT molecular complexity index is 1390. The molecule has 0 aliphatic carbocycles. The fraction of sp³-hybridized carbons (Fsp3) is 0.160. The Morgan fingerprint density at radius 2 is 1.97 bits per heavy atom. The number of fused-ring (bicyclic) bond motifs is 1. The molecule has 0 aliphatic rings. The van der Waals surface area contributed by atoms with Gasteiger partial charge in [0, 0.05) is 11.3 Å². The quantitative estimate of drug-likeness (QED) is 0.202. The van der Waals surface area contributed by atoms with Crippen LogP contribution in [-0.4, -0.2) is 27.7 Å². The Kier molecular flexibility index (Phi) is 7.14. The van der Waals surface area contributed by atoms with Crippen molar-refractivity contribution in [1.29, 1.82) is 0 Å². The molecule has 0 unspecified atom stereocenters. The summed E-state index contributed by atoms with van der Waals surface area (Å²) in [5.74, 6) is 0.591. The molecule has 1 heterocycles. The number of nitrogens with zero attached hydrogens (tertiary/aromatic N) is 1. The van der Waals surface area contributed by atoms with E-state index >= 15 is 0 Å². The van der Waals surface area contributed by atoms with Crippen LogP contribution in [0.5, 0.6) is 11.5 Å².